The quantitative estimate of drug-likeness (QED) is 0.872. The smallest absolute Gasteiger partial charge is 0.255 e. The molecular formula is C18H15FN2O2. The maximum atomic E-state index is 13.4. The summed E-state index contributed by atoms with van der Waals surface area (Å²) < 4.78 is 18.5. The van der Waals surface area contributed by atoms with E-state index in [9.17, 15) is 14.4 Å². The number of methoxy groups -OCH3 is 1. The van der Waals surface area contributed by atoms with Gasteiger partial charge < -0.3 is 9.64 Å². The van der Waals surface area contributed by atoms with Gasteiger partial charge in [-0.25, -0.2) is 4.39 Å². The molecule has 2 aromatic carbocycles. The molecule has 0 radical (unpaired) electrons. The van der Waals surface area contributed by atoms with Crippen molar-refractivity contribution in [1.82, 2.24) is 4.90 Å². The van der Waals surface area contributed by atoms with Crippen molar-refractivity contribution >= 4 is 5.91 Å². The highest BCUT2D eigenvalue weighted by Crippen LogP contribution is 2.33. The normalized spacial score (nSPS) is 16.1. The molecule has 116 valence electrons. The van der Waals surface area contributed by atoms with Gasteiger partial charge in [0.25, 0.3) is 5.91 Å². The maximum Gasteiger partial charge on any atom is 0.255 e. The first-order chi connectivity index (χ1) is 11.1. The van der Waals surface area contributed by atoms with Crippen LogP contribution in [-0.4, -0.2) is 24.5 Å². The van der Waals surface area contributed by atoms with Crippen molar-refractivity contribution in [3.63, 3.8) is 0 Å². The van der Waals surface area contributed by atoms with Gasteiger partial charge in [0.2, 0.25) is 0 Å². The predicted octanol–water partition coefficient (Wildman–Crippen LogP) is 3.10. The Balaban J connectivity index is 1.78. The average molecular weight is 310 g/mol. The lowest BCUT2D eigenvalue weighted by atomic mass is 10.1. The van der Waals surface area contributed by atoms with E-state index in [1.807, 2.05) is 24.3 Å². The molecular weight excluding hydrogens is 295 g/mol. The lowest BCUT2D eigenvalue weighted by Crippen LogP contribution is -2.29. The zero-order chi connectivity index (χ0) is 16.4. The van der Waals surface area contributed by atoms with Gasteiger partial charge in [0.1, 0.15) is 17.6 Å². The minimum absolute atomic E-state index is 0.222. The van der Waals surface area contributed by atoms with Crippen LogP contribution in [0.25, 0.3) is 0 Å². The molecule has 5 heteroatoms. The number of amides is 1. The van der Waals surface area contributed by atoms with E-state index in [1.165, 1.54) is 23.1 Å². The van der Waals surface area contributed by atoms with Crippen molar-refractivity contribution in [3.8, 4) is 11.8 Å². The molecule has 2 aromatic rings. The zero-order valence-electron chi connectivity index (χ0n) is 12.6. The van der Waals surface area contributed by atoms with E-state index in [0.29, 0.717) is 24.1 Å². The first-order valence-corrected chi connectivity index (χ1v) is 7.27. The zero-order valence-corrected chi connectivity index (χ0v) is 12.6. The minimum atomic E-state index is -0.730. The van der Waals surface area contributed by atoms with Crippen LogP contribution >= 0.6 is 0 Å². The molecule has 0 bridgehead atoms. The third kappa shape index (κ3) is 2.76. The molecule has 0 saturated heterocycles. The highest BCUT2D eigenvalue weighted by molar-refractivity contribution is 5.99. The van der Waals surface area contributed by atoms with Crippen LogP contribution in [0.15, 0.2) is 42.5 Å². The monoisotopic (exact) mass is 310 g/mol. The third-order valence-electron chi connectivity index (χ3n) is 4.03. The fourth-order valence-electron chi connectivity index (χ4n) is 2.81. The number of ether oxygens (including phenoxy) is 1. The lowest BCUT2D eigenvalue weighted by Gasteiger charge is -2.20. The minimum Gasteiger partial charge on any atom is -0.497 e. The Hall–Kier alpha value is -2.87. The Morgan fingerprint density at radius 3 is 2.65 bits per heavy atom. The second kappa shape index (κ2) is 6.09. The molecule has 0 aliphatic carbocycles. The molecule has 1 heterocycles. The van der Waals surface area contributed by atoms with Crippen LogP contribution in [0.3, 0.4) is 0 Å². The molecule has 1 aliphatic heterocycles. The van der Waals surface area contributed by atoms with E-state index in [4.69, 9.17) is 4.74 Å². The number of nitrogens with zero attached hydrogens (tertiary/aromatic N) is 2. The van der Waals surface area contributed by atoms with E-state index in [0.717, 1.165) is 11.3 Å². The van der Waals surface area contributed by atoms with Crippen LogP contribution in [0.2, 0.25) is 0 Å². The van der Waals surface area contributed by atoms with Gasteiger partial charge >= 0.3 is 0 Å². The van der Waals surface area contributed by atoms with Gasteiger partial charge in [-0.2, -0.15) is 5.26 Å². The van der Waals surface area contributed by atoms with Crippen LogP contribution in [0.4, 0.5) is 4.39 Å². The molecule has 0 aromatic heterocycles. The lowest BCUT2D eigenvalue weighted by molar-refractivity contribution is 0.0759. The number of carbonyl (C=O) groups excluding carboxylic acids is 1. The molecule has 1 aliphatic rings. The number of carbonyl (C=O) groups is 1. The molecule has 1 unspecified atom stereocenters. The molecule has 0 saturated carbocycles. The summed E-state index contributed by atoms with van der Waals surface area (Å²) in [4.78, 5) is 13.9. The highest BCUT2D eigenvalue weighted by atomic mass is 19.1. The van der Waals surface area contributed by atoms with Gasteiger partial charge in [0.15, 0.2) is 0 Å². The molecule has 23 heavy (non-hydrogen) atoms. The SMILES string of the molecule is COc1ccc(CCN2C(=O)c3ccc(F)cc3C2C#N)cc1. The van der Waals surface area contributed by atoms with Crippen molar-refractivity contribution in [1.29, 1.82) is 5.26 Å². The Bertz CT molecular complexity index is 781. The largest absolute Gasteiger partial charge is 0.497 e. The summed E-state index contributed by atoms with van der Waals surface area (Å²) >= 11 is 0. The standard InChI is InChI=1S/C18H15FN2O2/c1-23-14-5-2-12(3-6-14)8-9-21-17(11-20)16-10-13(19)4-7-15(16)18(21)22/h2-7,10,17H,8-9H2,1H3. The first kappa shape index (κ1) is 15.0. The molecule has 3 rings (SSSR count). The van der Waals surface area contributed by atoms with E-state index in [-0.39, 0.29) is 5.91 Å². The molecule has 1 atom stereocenters. The highest BCUT2D eigenvalue weighted by Gasteiger charge is 2.36. The van der Waals surface area contributed by atoms with Gasteiger partial charge in [-0.1, -0.05) is 12.1 Å². The van der Waals surface area contributed by atoms with Gasteiger partial charge in [0.05, 0.1) is 13.2 Å². The number of fused-ring (bicyclic) bond motifs is 1. The number of hydrogen-bond acceptors (Lipinski definition) is 3. The molecule has 4 nitrogen and oxygen atoms in total. The Kier molecular flexibility index (Phi) is 3.98. The van der Waals surface area contributed by atoms with E-state index < -0.39 is 11.9 Å². The summed E-state index contributed by atoms with van der Waals surface area (Å²) in [6, 6.07) is 12.9. The van der Waals surface area contributed by atoms with Crippen molar-refractivity contribution in [2.75, 3.05) is 13.7 Å². The van der Waals surface area contributed by atoms with Gasteiger partial charge in [-0.05, 0) is 42.3 Å². The second-order valence-electron chi connectivity index (χ2n) is 5.36. The third-order valence-corrected chi connectivity index (χ3v) is 4.03. The van der Waals surface area contributed by atoms with Crippen LogP contribution in [-0.2, 0) is 6.42 Å². The average Bonchev–Trinajstić information content (AvgIpc) is 2.84. The fraction of sp³-hybridized carbons (Fsp3) is 0.222. The van der Waals surface area contributed by atoms with Crippen LogP contribution in [0.5, 0.6) is 5.75 Å². The Morgan fingerprint density at radius 2 is 2.00 bits per heavy atom. The predicted molar refractivity (Wildman–Crippen MR) is 82.5 cm³/mol. The number of hydrogen-bond donors (Lipinski definition) is 0. The van der Waals surface area contributed by atoms with Crippen molar-refractivity contribution in [2.24, 2.45) is 0 Å². The molecule has 0 spiro atoms. The van der Waals surface area contributed by atoms with E-state index in [2.05, 4.69) is 6.07 Å². The summed E-state index contributed by atoms with van der Waals surface area (Å²) in [5.74, 6) is 0.109. The molecule has 0 N–H and O–H groups in total. The van der Waals surface area contributed by atoms with Crippen LogP contribution in [0.1, 0.15) is 27.5 Å². The van der Waals surface area contributed by atoms with Crippen molar-refractivity contribution in [3.05, 3.63) is 65.0 Å². The number of nitriles is 1. The van der Waals surface area contributed by atoms with Crippen LogP contribution in [0, 0.1) is 17.1 Å². The molecule has 0 fully saturated rings. The van der Waals surface area contributed by atoms with Crippen LogP contribution < -0.4 is 4.74 Å². The summed E-state index contributed by atoms with van der Waals surface area (Å²) in [5, 5.41) is 9.37. The topological polar surface area (TPSA) is 53.3 Å². The number of benzene rings is 2. The Morgan fingerprint density at radius 1 is 1.26 bits per heavy atom. The van der Waals surface area contributed by atoms with Gasteiger partial charge in [-0.15, -0.1) is 0 Å². The second-order valence-corrected chi connectivity index (χ2v) is 5.36. The Labute approximate surface area is 133 Å². The van der Waals surface area contributed by atoms with E-state index >= 15 is 0 Å². The van der Waals surface area contributed by atoms with Gasteiger partial charge in [0, 0.05) is 17.7 Å². The summed E-state index contributed by atoms with van der Waals surface area (Å²) in [6.45, 7) is 0.402. The maximum absolute atomic E-state index is 13.4. The number of rotatable bonds is 4. The molecule has 1 amide bonds. The number of halogens is 1. The van der Waals surface area contributed by atoms with E-state index in [1.54, 1.807) is 7.11 Å². The summed E-state index contributed by atoms with van der Waals surface area (Å²) in [7, 11) is 1.60. The fourth-order valence-corrected chi connectivity index (χ4v) is 2.81. The van der Waals surface area contributed by atoms with Crippen molar-refractivity contribution in [2.45, 2.75) is 12.5 Å². The van der Waals surface area contributed by atoms with Gasteiger partial charge in [-0.3, -0.25) is 4.79 Å². The first-order valence-electron chi connectivity index (χ1n) is 7.27. The summed E-state index contributed by atoms with van der Waals surface area (Å²) in [5.41, 5.74) is 1.90. The summed E-state index contributed by atoms with van der Waals surface area (Å²) in [6.07, 6.45) is 0.615. The van der Waals surface area contributed by atoms with Crippen molar-refractivity contribution < 1.29 is 13.9 Å².